The van der Waals surface area contributed by atoms with E-state index in [-0.39, 0.29) is 17.7 Å². The summed E-state index contributed by atoms with van der Waals surface area (Å²) in [6.07, 6.45) is 1.45. The van der Waals surface area contributed by atoms with Crippen LogP contribution in [-0.4, -0.2) is 35.7 Å². The Hall–Kier alpha value is -1.33. The molecule has 0 radical (unpaired) electrons. The van der Waals surface area contributed by atoms with Crippen LogP contribution in [0.4, 0.5) is 0 Å². The fraction of sp³-hybridized carbons (Fsp3) is 0.579. The maximum Gasteiger partial charge on any atom is 0.330 e. The average Bonchev–Trinajstić information content (AvgIpc) is 2.54. The Morgan fingerprint density at radius 3 is 2.50 bits per heavy atom. The van der Waals surface area contributed by atoms with Crippen molar-refractivity contribution in [1.82, 2.24) is 5.06 Å². The van der Waals surface area contributed by atoms with Gasteiger partial charge in [0.25, 0.3) is 0 Å². The van der Waals surface area contributed by atoms with Crippen molar-refractivity contribution < 1.29 is 14.4 Å². The van der Waals surface area contributed by atoms with Gasteiger partial charge in [-0.2, -0.15) is 0 Å². The van der Waals surface area contributed by atoms with E-state index in [1.54, 1.807) is 16.8 Å². The highest BCUT2D eigenvalue weighted by Crippen LogP contribution is 2.26. The molecule has 0 bridgehead atoms. The van der Waals surface area contributed by atoms with Crippen LogP contribution in [0.2, 0.25) is 0 Å². The van der Waals surface area contributed by atoms with Gasteiger partial charge >= 0.3 is 5.97 Å². The Labute approximate surface area is 148 Å². The van der Waals surface area contributed by atoms with E-state index in [2.05, 4.69) is 6.92 Å². The zero-order chi connectivity index (χ0) is 17.7. The Bertz CT molecular complexity index is 587. The molecule has 0 aromatic heterocycles. The smallest absolute Gasteiger partial charge is 0.330 e. The zero-order valence-electron chi connectivity index (χ0n) is 15.0. The van der Waals surface area contributed by atoms with Gasteiger partial charge in [0.15, 0.2) is 5.78 Å². The van der Waals surface area contributed by atoms with E-state index in [1.807, 2.05) is 45.0 Å². The van der Waals surface area contributed by atoms with E-state index in [0.717, 1.165) is 29.1 Å². The van der Waals surface area contributed by atoms with Gasteiger partial charge in [-0.05, 0) is 51.5 Å². The Balaban J connectivity index is 1.91. The molecule has 1 aliphatic rings. The van der Waals surface area contributed by atoms with Crippen molar-refractivity contribution in [2.45, 2.75) is 45.4 Å². The molecular formula is C19H27NO3S. The van der Waals surface area contributed by atoms with Crippen LogP contribution >= 0.6 is 11.8 Å². The van der Waals surface area contributed by atoms with E-state index in [0.29, 0.717) is 13.1 Å². The lowest BCUT2D eigenvalue weighted by Gasteiger charge is -2.31. The predicted molar refractivity (Wildman–Crippen MR) is 97.0 cm³/mol. The number of ketones is 1. The highest BCUT2D eigenvalue weighted by molar-refractivity contribution is 7.99. The lowest BCUT2D eigenvalue weighted by molar-refractivity contribution is -0.205. The molecular weight excluding hydrogens is 322 g/mol. The number of hydrogen-bond donors (Lipinski definition) is 0. The van der Waals surface area contributed by atoms with Crippen molar-refractivity contribution in [1.29, 1.82) is 0 Å². The predicted octanol–water partition coefficient (Wildman–Crippen LogP) is 4.20. The number of hydroxylamine groups is 2. The Morgan fingerprint density at radius 1 is 1.25 bits per heavy atom. The quantitative estimate of drug-likeness (QED) is 0.589. The van der Waals surface area contributed by atoms with Crippen molar-refractivity contribution in [2.24, 2.45) is 11.3 Å². The first-order valence-electron chi connectivity index (χ1n) is 8.55. The number of Topliss-reactive ketones (excluding diaryl/α,β-unsaturated/α-hetero) is 1. The van der Waals surface area contributed by atoms with Crippen LogP contribution in [0.15, 0.2) is 29.2 Å². The zero-order valence-corrected chi connectivity index (χ0v) is 15.8. The number of thioether (sulfide) groups is 1. The van der Waals surface area contributed by atoms with E-state index in [1.165, 1.54) is 0 Å². The number of piperidine rings is 1. The van der Waals surface area contributed by atoms with Crippen LogP contribution in [-0.2, 0) is 9.63 Å². The van der Waals surface area contributed by atoms with Gasteiger partial charge in [0.2, 0.25) is 0 Å². The fourth-order valence-electron chi connectivity index (χ4n) is 2.60. The summed E-state index contributed by atoms with van der Waals surface area (Å²) in [6.45, 7) is 8.85. The summed E-state index contributed by atoms with van der Waals surface area (Å²) in [5.74, 6) is 0.984. The second kappa shape index (κ2) is 8.17. The molecule has 4 nitrogen and oxygen atoms in total. The molecule has 0 saturated carbocycles. The maximum absolute atomic E-state index is 12.7. The fourth-order valence-corrected chi connectivity index (χ4v) is 3.32. The van der Waals surface area contributed by atoms with Crippen LogP contribution < -0.4 is 0 Å². The van der Waals surface area contributed by atoms with Gasteiger partial charge in [-0.25, -0.2) is 4.79 Å². The molecule has 1 aromatic carbocycles. The molecule has 0 N–H and O–H groups in total. The average molecular weight is 349 g/mol. The highest BCUT2D eigenvalue weighted by Gasteiger charge is 2.30. The molecule has 5 heteroatoms. The van der Waals surface area contributed by atoms with E-state index < -0.39 is 5.41 Å². The molecule has 1 aromatic rings. The van der Waals surface area contributed by atoms with Crippen LogP contribution in [0, 0.1) is 11.3 Å². The number of hydrogen-bond acceptors (Lipinski definition) is 5. The van der Waals surface area contributed by atoms with Gasteiger partial charge in [0.05, 0.1) is 5.41 Å². The molecule has 0 atom stereocenters. The van der Waals surface area contributed by atoms with Gasteiger partial charge < -0.3 is 4.84 Å². The number of benzene rings is 1. The topological polar surface area (TPSA) is 46.6 Å². The summed E-state index contributed by atoms with van der Waals surface area (Å²) in [6, 6.07) is 7.88. The number of rotatable bonds is 5. The van der Waals surface area contributed by atoms with Crippen LogP contribution in [0.3, 0.4) is 0 Å². The molecule has 1 aliphatic heterocycles. The maximum atomic E-state index is 12.7. The van der Waals surface area contributed by atoms with Gasteiger partial charge in [0, 0.05) is 29.5 Å². The third-order valence-electron chi connectivity index (χ3n) is 4.08. The van der Waals surface area contributed by atoms with Crippen LogP contribution in [0.5, 0.6) is 0 Å². The molecule has 2 rings (SSSR count). The molecule has 0 unspecified atom stereocenters. The molecule has 24 heavy (non-hydrogen) atoms. The monoisotopic (exact) mass is 349 g/mol. The summed E-state index contributed by atoms with van der Waals surface area (Å²) in [7, 11) is 0. The van der Waals surface area contributed by atoms with Gasteiger partial charge in [-0.1, -0.05) is 19.1 Å². The summed E-state index contributed by atoms with van der Waals surface area (Å²) < 4.78 is 0. The highest BCUT2D eigenvalue weighted by atomic mass is 32.2. The Kier molecular flexibility index (Phi) is 6.47. The van der Waals surface area contributed by atoms with Crippen molar-refractivity contribution in [3.8, 4) is 0 Å². The molecule has 132 valence electrons. The first kappa shape index (κ1) is 19.0. The van der Waals surface area contributed by atoms with Crippen LogP contribution in [0.25, 0.3) is 0 Å². The minimum atomic E-state index is -0.510. The normalized spacial score (nSPS) is 16.8. The van der Waals surface area contributed by atoms with Gasteiger partial charge in [-0.15, -0.1) is 16.8 Å². The molecule has 0 aliphatic carbocycles. The molecule has 0 amide bonds. The molecule has 0 spiro atoms. The number of nitrogens with zero attached hydrogens (tertiary/aromatic N) is 1. The minimum absolute atomic E-state index is 0.0106. The SMILES string of the molecule is CCSc1cccc(C(=O)C2CCN(OC(=O)C(C)(C)C)CC2)c1. The van der Waals surface area contributed by atoms with Crippen LogP contribution in [0.1, 0.15) is 50.9 Å². The minimum Gasteiger partial charge on any atom is -0.367 e. The summed E-state index contributed by atoms with van der Waals surface area (Å²) >= 11 is 1.75. The van der Waals surface area contributed by atoms with Crippen molar-refractivity contribution >= 4 is 23.5 Å². The number of carbonyl (C=O) groups is 2. The number of carbonyl (C=O) groups excluding carboxylic acids is 2. The van der Waals surface area contributed by atoms with Crippen molar-refractivity contribution in [3.63, 3.8) is 0 Å². The van der Waals surface area contributed by atoms with Gasteiger partial charge in [0.1, 0.15) is 0 Å². The first-order valence-corrected chi connectivity index (χ1v) is 9.54. The van der Waals surface area contributed by atoms with Crippen molar-refractivity contribution in [2.75, 3.05) is 18.8 Å². The lowest BCUT2D eigenvalue weighted by atomic mass is 9.89. The standard InChI is InChI=1S/C19H27NO3S/c1-5-24-16-8-6-7-15(13-16)17(21)14-9-11-20(12-10-14)23-18(22)19(2,3)4/h6-8,13-14H,5,9-12H2,1-4H3. The summed E-state index contributed by atoms with van der Waals surface area (Å²) in [4.78, 5) is 31.2. The van der Waals surface area contributed by atoms with E-state index in [9.17, 15) is 9.59 Å². The second-order valence-corrected chi connectivity index (χ2v) is 8.49. The van der Waals surface area contributed by atoms with Gasteiger partial charge in [-0.3, -0.25) is 4.79 Å². The molecule has 1 fully saturated rings. The first-order chi connectivity index (χ1) is 11.3. The largest absolute Gasteiger partial charge is 0.367 e. The molecule has 1 heterocycles. The summed E-state index contributed by atoms with van der Waals surface area (Å²) in [5.41, 5.74) is 0.280. The third kappa shape index (κ3) is 5.08. The molecule has 1 saturated heterocycles. The lowest BCUT2D eigenvalue weighted by Crippen LogP contribution is -2.40. The van der Waals surface area contributed by atoms with E-state index >= 15 is 0 Å². The third-order valence-corrected chi connectivity index (χ3v) is 4.95. The Morgan fingerprint density at radius 2 is 1.92 bits per heavy atom. The second-order valence-electron chi connectivity index (χ2n) is 7.16. The van der Waals surface area contributed by atoms with Crippen molar-refractivity contribution in [3.05, 3.63) is 29.8 Å². The van der Waals surface area contributed by atoms with E-state index in [4.69, 9.17) is 4.84 Å². The summed E-state index contributed by atoms with van der Waals surface area (Å²) in [5, 5.41) is 1.70.